The highest BCUT2D eigenvalue weighted by Crippen LogP contribution is 2.45. The molecule has 4 aliphatic rings. The lowest BCUT2D eigenvalue weighted by Gasteiger charge is -2.54. The minimum absolute atomic E-state index is 0.0292. The Morgan fingerprint density at radius 2 is 1.76 bits per heavy atom. The maximum atomic E-state index is 13.4. The van der Waals surface area contributed by atoms with Crippen LogP contribution in [-0.2, 0) is 0 Å². The number of carbonyl (C=O) groups is 1. The first-order valence-corrected chi connectivity index (χ1v) is 12.6. The van der Waals surface area contributed by atoms with Gasteiger partial charge in [0.1, 0.15) is 11.5 Å². The number of ether oxygens (including phenoxy) is 1. The zero-order valence-corrected chi connectivity index (χ0v) is 19.2. The molecule has 4 atom stereocenters. The highest BCUT2D eigenvalue weighted by atomic mass is 16.5. The largest absolute Gasteiger partial charge is 0.457 e. The molecule has 1 aliphatic carbocycles. The molecule has 4 unspecified atom stereocenters. The molecule has 0 spiro atoms. The number of anilines is 1. The van der Waals surface area contributed by atoms with E-state index in [4.69, 9.17) is 4.74 Å². The van der Waals surface area contributed by atoms with Crippen molar-refractivity contribution in [2.45, 2.75) is 50.6 Å². The summed E-state index contributed by atoms with van der Waals surface area (Å²) in [5.74, 6) is 2.83. The minimum atomic E-state index is 0.0292. The van der Waals surface area contributed by atoms with Gasteiger partial charge in [0.15, 0.2) is 0 Å². The number of nitrogens with one attached hydrogen (secondary N) is 1. The number of rotatable bonds is 3. The maximum absolute atomic E-state index is 13.4. The molecule has 3 saturated heterocycles. The third kappa shape index (κ3) is 4.15. The number of amides is 2. The third-order valence-electron chi connectivity index (χ3n) is 8.00. The standard InChI is InChI=1S/C28H33N3O2/c32-28(29-23-11-13-25(14-12-23)33-24-8-2-1-3-9-24)31-16-6-7-20-17-21-18-22(27(20)31)19-30-15-5-4-10-26(21)30/h1-3,8-9,11-14,17,21-22,26-27H,4-7,10,15-16,18-19H2,(H,29,32). The summed E-state index contributed by atoms with van der Waals surface area (Å²) in [4.78, 5) is 18.2. The summed E-state index contributed by atoms with van der Waals surface area (Å²) in [5.41, 5.74) is 2.33. The van der Waals surface area contributed by atoms with Crippen molar-refractivity contribution in [1.82, 2.24) is 9.80 Å². The van der Waals surface area contributed by atoms with Crippen LogP contribution in [0.2, 0.25) is 0 Å². The van der Waals surface area contributed by atoms with Crippen molar-refractivity contribution in [2.75, 3.05) is 25.0 Å². The quantitative estimate of drug-likeness (QED) is 0.600. The predicted octanol–water partition coefficient (Wildman–Crippen LogP) is 5.91. The topological polar surface area (TPSA) is 44.8 Å². The summed E-state index contributed by atoms with van der Waals surface area (Å²) < 4.78 is 5.88. The Labute approximate surface area is 196 Å². The lowest BCUT2D eigenvalue weighted by atomic mass is 9.68. The first kappa shape index (κ1) is 20.8. The molecule has 3 fully saturated rings. The van der Waals surface area contributed by atoms with Crippen molar-refractivity contribution in [1.29, 1.82) is 0 Å². The zero-order valence-electron chi connectivity index (χ0n) is 19.2. The molecule has 0 saturated carbocycles. The molecule has 33 heavy (non-hydrogen) atoms. The van der Waals surface area contributed by atoms with E-state index in [2.05, 4.69) is 21.2 Å². The van der Waals surface area contributed by atoms with Crippen LogP contribution in [0, 0.1) is 11.8 Å². The van der Waals surface area contributed by atoms with Crippen LogP contribution in [0.5, 0.6) is 11.5 Å². The van der Waals surface area contributed by atoms with Gasteiger partial charge in [-0.1, -0.05) is 36.3 Å². The van der Waals surface area contributed by atoms with E-state index in [1.165, 1.54) is 37.8 Å². The number of benzene rings is 2. The van der Waals surface area contributed by atoms with Gasteiger partial charge in [0.05, 0.1) is 6.04 Å². The van der Waals surface area contributed by atoms with Gasteiger partial charge in [-0.3, -0.25) is 4.90 Å². The van der Waals surface area contributed by atoms with E-state index in [1.54, 1.807) is 0 Å². The van der Waals surface area contributed by atoms with Crippen LogP contribution in [0.4, 0.5) is 10.5 Å². The number of fused-ring (bicyclic) bond motifs is 6. The van der Waals surface area contributed by atoms with E-state index >= 15 is 0 Å². The molecular weight excluding hydrogens is 410 g/mol. The maximum Gasteiger partial charge on any atom is 0.322 e. The average Bonchev–Trinajstić information content (AvgIpc) is 2.85. The fourth-order valence-corrected chi connectivity index (χ4v) is 6.63. The van der Waals surface area contributed by atoms with Crippen LogP contribution in [0.25, 0.3) is 0 Å². The Bertz CT molecular complexity index is 1020. The summed E-state index contributed by atoms with van der Waals surface area (Å²) in [7, 11) is 0. The summed E-state index contributed by atoms with van der Waals surface area (Å²) in [6.45, 7) is 3.23. The second-order valence-electron chi connectivity index (χ2n) is 10.1. The fraction of sp³-hybridized carbons (Fsp3) is 0.464. The molecule has 0 aromatic heterocycles. The highest BCUT2D eigenvalue weighted by Gasteiger charge is 2.46. The van der Waals surface area contributed by atoms with Crippen molar-refractivity contribution >= 4 is 11.7 Å². The number of hydrogen-bond donors (Lipinski definition) is 1. The van der Waals surface area contributed by atoms with Crippen LogP contribution < -0.4 is 10.1 Å². The zero-order chi connectivity index (χ0) is 22.2. The first-order chi connectivity index (χ1) is 16.2. The lowest BCUT2D eigenvalue weighted by molar-refractivity contribution is 0.00908. The van der Waals surface area contributed by atoms with E-state index in [1.807, 2.05) is 54.6 Å². The molecule has 5 nitrogen and oxygen atoms in total. The van der Waals surface area contributed by atoms with Gasteiger partial charge in [0.25, 0.3) is 0 Å². The molecule has 2 bridgehead atoms. The number of nitrogens with zero attached hydrogens (tertiary/aromatic N) is 2. The van der Waals surface area contributed by atoms with Crippen molar-refractivity contribution in [3.05, 3.63) is 66.2 Å². The number of para-hydroxylation sites is 1. The molecule has 6 rings (SSSR count). The summed E-state index contributed by atoms with van der Waals surface area (Å²) >= 11 is 0. The van der Waals surface area contributed by atoms with Gasteiger partial charge in [-0.05, 0) is 86.9 Å². The molecular formula is C28H33N3O2. The van der Waals surface area contributed by atoms with Crippen molar-refractivity contribution in [3.8, 4) is 11.5 Å². The summed E-state index contributed by atoms with van der Waals surface area (Å²) in [6, 6.07) is 18.4. The third-order valence-corrected chi connectivity index (χ3v) is 8.00. The second-order valence-corrected chi connectivity index (χ2v) is 10.1. The second kappa shape index (κ2) is 8.86. The molecule has 3 heterocycles. The number of piperidine rings is 3. The summed E-state index contributed by atoms with van der Waals surface area (Å²) in [5, 5.41) is 3.16. The molecule has 2 aromatic carbocycles. The number of urea groups is 1. The first-order valence-electron chi connectivity index (χ1n) is 12.6. The van der Waals surface area contributed by atoms with E-state index in [9.17, 15) is 4.79 Å². The number of carbonyl (C=O) groups excluding carboxylic acids is 1. The van der Waals surface area contributed by atoms with Crippen molar-refractivity contribution < 1.29 is 9.53 Å². The van der Waals surface area contributed by atoms with E-state index in [-0.39, 0.29) is 12.1 Å². The van der Waals surface area contributed by atoms with Crippen LogP contribution in [0.3, 0.4) is 0 Å². The van der Waals surface area contributed by atoms with Gasteiger partial charge in [-0.2, -0.15) is 0 Å². The normalized spacial score (nSPS) is 28.8. The van der Waals surface area contributed by atoms with Gasteiger partial charge >= 0.3 is 6.03 Å². The Hall–Kier alpha value is -2.79. The van der Waals surface area contributed by atoms with Gasteiger partial charge in [-0.15, -0.1) is 0 Å². The van der Waals surface area contributed by atoms with Crippen LogP contribution in [0.1, 0.15) is 38.5 Å². The van der Waals surface area contributed by atoms with Crippen molar-refractivity contribution in [2.24, 2.45) is 11.8 Å². The molecule has 2 aromatic rings. The molecule has 0 radical (unpaired) electrons. The Balaban J connectivity index is 1.15. The van der Waals surface area contributed by atoms with E-state index in [0.717, 1.165) is 49.2 Å². The molecule has 5 heteroatoms. The lowest BCUT2D eigenvalue weighted by Crippen LogP contribution is -2.60. The van der Waals surface area contributed by atoms with Crippen LogP contribution in [0.15, 0.2) is 66.2 Å². The van der Waals surface area contributed by atoms with Crippen LogP contribution >= 0.6 is 0 Å². The Kier molecular flexibility index (Phi) is 5.58. The predicted molar refractivity (Wildman–Crippen MR) is 131 cm³/mol. The Morgan fingerprint density at radius 3 is 2.61 bits per heavy atom. The van der Waals surface area contributed by atoms with Gasteiger partial charge in [0, 0.05) is 24.8 Å². The number of likely N-dealkylation sites (tertiary alicyclic amines) is 1. The van der Waals surface area contributed by atoms with E-state index in [0.29, 0.717) is 11.8 Å². The molecule has 1 N–H and O–H groups in total. The highest BCUT2D eigenvalue weighted by molar-refractivity contribution is 5.90. The average molecular weight is 444 g/mol. The van der Waals surface area contributed by atoms with E-state index < -0.39 is 0 Å². The van der Waals surface area contributed by atoms with Gasteiger partial charge in [0.2, 0.25) is 0 Å². The minimum Gasteiger partial charge on any atom is -0.457 e. The smallest absolute Gasteiger partial charge is 0.322 e. The molecule has 3 aliphatic heterocycles. The van der Waals surface area contributed by atoms with Crippen LogP contribution in [-0.4, -0.2) is 47.5 Å². The molecule has 172 valence electrons. The van der Waals surface area contributed by atoms with Gasteiger partial charge < -0.3 is 15.0 Å². The Morgan fingerprint density at radius 1 is 0.939 bits per heavy atom. The number of hydrogen-bond acceptors (Lipinski definition) is 3. The summed E-state index contributed by atoms with van der Waals surface area (Å²) in [6.07, 6.45) is 10.1. The monoisotopic (exact) mass is 443 g/mol. The molecule has 2 amide bonds. The fourth-order valence-electron chi connectivity index (χ4n) is 6.63. The SMILES string of the molecule is O=C(Nc1ccc(Oc2ccccc2)cc1)N1CCCC2=CC3CC(CN4CCCCC34)C21. The van der Waals surface area contributed by atoms with Gasteiger partial charge in [-0.25, -0.2) is 4.79 Å². The van der Waals surface area contributed by atoms with Crippen molar-refractivity contribution in [3.63, 3.8) is 0 Å².